The third kappa shape index (κ3) is 5.39. The van der Waals surface area contributed by atoms with Gasteiger partial charge in [-0.15, -0.1) is 0 Å². The molecule has 1 rings (SSSR count). The Labute approximate surface area is 123 Å². The normalized spacial score (nSPS) is 11.0. The number of carbonyl (C=O) groups excluding carboxylic acids is 1. The number of ether oxygens (including phenoxy) is 2. The predicted octanol–water partition coefficient (Wildman–Crippen LogP) is 0.947. The molecule has 0 aliphatic heterocycles. The van der Waals surface area contributed by atoms with Crippen molar-refractivity contribution in [1.82, 2.24) is 10.3 Å². The molecule has 0 aromatic carbocycles. The summed E-state index contributed by atoms with van der Waals surface area (Å²) in [5, 5.41) is 11.6. The van der Waals surface area contributed by atoms with Crippen LogP contribution >= 0.6 is 0 Å². The van der Waals surface area contributed by atoms with Crippen molar-refractivity contribution in [1.29, 1.82) is 0 Å². The maximum absolute atomic E-state index is 12.0. The fourth-order valence-corrected chi connectivity index (χ4v) is 1.34. The second kappa shape index (κ2) is 7.58. The summed E-state index contributed by atoms with van der Waals surface area (Å²) in [6.07, 6.45) is 1.46. The van der Waals surface area contributed by atoms with Gasteiger partial charge in [0.05, 0.1) is 12.0 Å². The number of methoxy groups -OCH3 is 1. The predicted molar refractivity (Wildman–Crippen MR) is 75.4 cm³/mol. The van der Waals surface area contributed by atoms with Crippen LogP contribution in [0.1, 0.15) is 24.2 Å². The van der Waals surface area contributed by atoms with Crippen molar-refractivity contribution in [2.45, 2.75) is 13.8 Å². The van der Waals surface area contributed by atoms with Gasteiger partial charge < -0.3 is 19.9 Å². The van der Waals surface area contributed by atoms with Crippen LogP contribution in [0, 0.1) is 5.41 Å². The Morgan fingerprint density at radius 3 is 2.71 bits per heavy atom. The van der Waals surface area contributed by atoms with E-state index in [1.165, 1.54) is 18.3 Å². The lowest BCUT2D eigenvalue weighted by molar-refractivity contribution is -0.146. The molecule has 0 fully saturated rings. The van der Waals surface area contributed by atoms with E-state index in [1.807, 2.05) is 0 Å². The first-order valence-corrected chi connectivity index (χ1v) is 6.46. The molecule has 1 heterocycles. The Balaban J connectivity index is 2.62. The van der Waals surface area contributed by atoms with E-state index in [2.05, 4.69) is 10.3 Å². The highest BCUT2D eigenvalue weighted by atomic mass is 16.5. The molecule has 21 heavy (non-hydrogen) atoms. The Bertz CT molecular complexity index is 502. The van der Waals surface area contributed by atoms with Crippen molar-refractivity contribution in [2.75, 3.05) is 26.9 Å². The molecule has 0 aliphatic carbocycles. The van der Waals surface area contributed by atoms with Gasteiger partial charge in [-0.3, -0.25) is 9.59 Å². The first kappa shape index (κ1) is 16.9. The number of nitrogens with zero attached hydrogens (tertiary/aromatic N) is 1. The number of hydrogen-bond donors (Lipinski definition) is 2. The number of carbonyl (C=O) groups is 2. The molecular weight excluding hydrogens is 276 g/mol. The fourth-order valence-electron chi connectivity index (χ4n) is 1.34. The maximum atomic E-state index is 12.0. The van der Waals surface area contributed by atoms with Crippen molar-refractivity contribution < 1.29 is 24.2 Å². The molecule has 0 spiro atoms. The molecule has 7 heteroatoms. The standard InChI is InChI=1S/C14H20N2O5/c1-14(2,13(18)19)9-16-12(17)10-4-5-15-11(8-10)21-7-6-20-3/h4-5,8H,6-7,9H2,1-3H3,(H,16,17)(H,18,19). The van der Waals surface area contributed by atoms with Crippen molar-refractivity contribution in [3.63, 3.8) is 0 Å². The molecule has 1 aromatic rings. The number of aliphatic carboxylic acids is 1. The van der Waals surface area contributed by atoms with E-state index >= 15 is 0 Å². The van der Waals surface area contributed by atoms with Gasteiger partial charge in [-0.25, -0.2) is 4.98 Å². The highest BCUT2D eigenvalue weighted by Crippen LogP contribution is 2.14. The lowest BCUT2D eigenvalue weighted by atomic mass is 9.94. The fraction of sp³-hybridized carbons (Fsp3) is 0.500. The van der Waals surface area contributed by atoms with E-state index < -0.39 is 11.4 Å². The summed E-state index contributed by atoms with van der Waals surface area (Å²) in [6, 6.07) is 3.03. The molecule has 0 aliphatic rings. The SMILES string of the molecule is COCCOc1cc(C(=O)NCC(C)(C)C(=O)O)ccn1. The molecule has 0 saturated carbocycles. The lowest BCUT2D eigenvalue weighted by Crippen LogP contribution is -2.38. The number of rotatable bonds is 8. The average Bonchev–Trinajstić information content (AvgIpc) is 2.45. The van der Waals surface area contributed by atoms with Crippen LogP contribution in [-0.2, 0) is 9.53 Å². The zero-order valence-electron chi connectivity index (χ0n) is 12.4. The van der Waals surface area contributed by atoms with Gasteiger partial charge in [-0.05, 0) is 19.9 Å². The number of carboxylic acids is 1. The summed E-state index contributed by atoms with van der Waals surface area (Å²) in [5.41, 5.74) is -0.667. The van der Waals surface area contributed by atoms with E-state index in [4.69, 9.17) is 14.6 Å². The van der Waals surface area contributed by atoms with Crippen LogP contribution in [0.15, 0.2) is 18.3 Å². The number of nitrogens with one attached hydrogen (secondary N) is 1. The van der Waals surface area contributed by atoms with Crippen molar-refractivity contribution in [3.8, 4) is 5.88 Å². The molecule has 0 atom stereocenters. The van der Waals surface area contributed by atoms with Crippen LogP contribution in [0.5, 0.6) is 5.88 Å². The molecule has 116 valence electrons. The minimum atomic E-state index is -1.03. The van der Waals surface area contributed by atoms with Gasteiger partial charge in [0, 0.05) is 31.5 Å². The largest absolute Gasteiger partial charge is 0.481 e. The molecule has 0 bridgehead atoms. The lowest BCUT2D eigenvalue weighted by Gasteiger charge is -2.19. The minimum absolute atomic E-state index is 0.0311. The summed E-state index contributed by atoms with van der Waals surface area (Å²) >= 11 is 0. The summed E-state index contributed by atoms with van der Waals surface area (Å²) in [6.45, 7) is 3.87. The summed E-state index contributed by atoms with van der Waals surface area (Å²) in [4.78, 5) is 26.9. The second-order valence-electron chi connectivity index (χ2n) is 5.10. The molecule has 0 saturated heterocycles. The number of hydrogen-bond acceptors (Lipinski definition) is 5. The Hall–Kier alpha value is -2.15. The van der Waals surface area contributed by atoms with Gasteiger partial charge in [0.15, 0.2) is 0 Å². The van der Waals surface area contributed by atoms with Crippen LogP contribution in [0.2, 0.25) is 0 Å². The zero-order chi connectivity index (χ0) is 15.9. The smallest absolute Gasteiger partial charge is 0.310 e. The average molecular weight is 296 g/mol. The Kier molecular flexibility index (Phi) is 6.10. The number of amides is 1. The first-order chi connectivity index (χ1) is 9.86. The van der Waals surface area contributed by atoms with Gasteiger partial charge >= 0.3 is 5.97 Å². The highest BCUT2D eigenvalue weighted by molar-refractivity contribution is 5.94. The Morgan fingerprint density at radius 1 is 1.38 bits per heavy atom. The van der Waals surface area contributed by atoms with Gasteiger partial charge in [-0.2, -0.15) is 0 Å². The molecule has 1 aromatic heterocycles. The van der Waals surface area contributed by atoms with Crippen LogP contribution in [0.25, 0.3) is 0 Å². The van der Waals surface area contributed by atoms with Gasteiger partial charge in [0.1, 0.15) is 6.61 Å². The van der Waals surface area contributed by atoms with Gasteiger partial charge in [0.25, 0.3) is 5.91 Å². The molecule has 2 N–H and O–H groups in total. The second-order valence-corrected chi connectivity index (χ2v) is 5.10. The van der Waals surface area contributed by atoms with E-state index in [-0.39, 0.29) is 12.5 Å². The first-order valence-electron chi connectivity index (χ1n) is 6.46. The topological polar surface area (TPSA) is 97.8 Å². The van der Waals surface area contributed by atoms with Crippen molar-refractivity contribution >= 4 is 11.9 Å². The summed E-state index contributed by atoms with van der Waals surface area (Å²) < 4.78 is 10.2. The third-order valence-electron chi connectivity index (χ3n) is 2.80. The van der Waals surface area contributed by atoms with Gasteiger partial charge in [-0.1, -0.05) is 0 Å². The highest BCUT2D eigenvalue weighted by Gasteiger charge is 2.27. The van der Waals surface area contributed by atoms with Gasteiger partial charge in [0.2, 0.25) is 5.88 Å². The molecular formula is C14H20N2O5. The van der Waals surface area contributed by atoms with E-state index in [0.29, 0.717) is 24.7 Å². The summed E-state index contributed by atoms with van der Waals surface area (Å²) in [5.74, 6) is -1.03. The van der Waals surface area contributed by atoms with Crippen LogP contribution in [0.3, 0.4) is 0 Å². The van der Waals surface area contributed by atoms with Crippen molar-refractivity contribution in [2.24, 2.45) is 5.41 Å². The summed E-state index contributed by atoms with van der Waals surface area (Å²) in [7, 11) is 1.56. The van der Waals surface area contributed by atoms with E-state index in [0.717, 1.165) is 0 Å². The minimum Gasteiger partial charge on any atom is -0.481 e. The molecule has 0 radical (unpaired) electrons. The monoisotopic (exact) mass is 296 g/mol. The number of pyridine rings is 1. The molecule has 0 unspecified atom stereocenters. The maximum Gasteiger partial charge on any atom is 0.310 e. The van der Waals surface area contributed by atoms with Crippen molar-refractivity contribution in [3.05, 3.63) is 23.9 Å². The van der Waals surface area contributed by atoms with Crippen LogP contribution in [-0.4, -0.2) is 48.8 Å². The molecule has 1 amide bonds. The van der Waals surface area contributed by atoms with Crippen LogP contribution < -0.4 is 10.1 Å². The van der Waals surface area contributed by atoms with E-state index in [1.54, 1.807) is 21.0 Å². The zero-order valence-corrected chi connectivity index (χ0v) is 12.4. The third-order valence-corrected chi connectivity index (χ3v) is 2.80. The number of aromatic nitrogens is 1. The quantitative estimate of drug-likeness (QED) is 0.693. The Morgan fingerprint density at radius 2 is 2.10 bits per heavy atom. The van der Waals surface area contributed by atoms with Crippen LogP contribution in [0.4, 0.5) is 0 Å². The van der Waals surface area contributed by atoms with E-state index in [9.17, 15) is 9.59 Å². The number of carboxylic acid groups (broad SMARTS) is 1. The molecule has 7 nitrogen and oxygen atoms in total.